The van der Waals surface area contributed by atoms with E-state index in [9.17, 15) is 9.59 Å². The van der Waals surface area contributed by atoms with Gasteiger partial charge in [-0.15, -0.1) is 0 Å². The van der Waals surface area contributed by atoms with E-state index in [0.29, 0.717) is 11.5 Å². The van der Waals surface area contributed by atoms with Crippen LogP contribution >= 0.6 is 0 Å². The van der Waals surface area contributed by atoms with Crippen molar-refractivity contribution in [3.8, 4) is 16.9 Å². The molecule has 0 saturated heterocycles. The highest BCUT2D eigenvalue weighted by atomic mass is 16.2. The quantitative estimate of drug-likeness (QED) is 0.398. The zero-order chi connectivity index (χ0) is 24.4. The van der Waals surface area contributed by atoms with Gasteiger partial charge in [0.05, 0.1) is 5.69 Å². The van der Waals surface area contributed by atoms with E-state index in [1.807, 2.05) is 103 Å². The van der Waals surface area contributed by atoms with Crippen molar-refractivity contribution in [1.29, 1.82) is 0 Å². The van der Waals surface area contributed by atoms with Crippen molar-refractivity contribution in [2.24, 2.45) is 0 Å². The number of hydrogen-bond acceptors (Lipinski definition) is 3. The summed E-state index contributed by atoms with van der Waals surface area (Å²) in [5, 5.41) is 2.97. The van der Waals surface area contributed by atoms with Crippen LogP contribution in [-0.4, -0.2) is 38.9 Å². The zero-order valence-corrected chi connectivity index (χ0v) is 19.9. The Morgan fingerprint density at radius 3 is 2.43 bits per heavy atom. The first kappa shape index (κ1) is 22.6. The lowest BCUT2D eigenvalue weighted by molar-refractivity contribution is -0.117. The number of nitrogens with zero attached hydrogens (tertiary/aromatic N) is 3. The number of hydrogen-bond donors (Lipinski definition) is 1. The maximum Gasteiger partial charge on any atom is 0.254 e. The van der Waals surface area contributed by atoms with Gasteiger partial charge in [-0.2, -0.15) is 0 Å². The van der Waals surface area contributed by atoms with E-state index in [1.165, 1.54) is 0 Å². The first-order valence-electron chi connectivity index (χ1n) is 11.9. The number of rotatable bonds is 7. The number of aromatic nitrogens is 2. The lowest BCUT2D eigenvalue weighted by Gasteiger charge is -2.22. The summed E-state index contributed by atoms with van der Waals surface area (Å²) in [5.41, 5.74) is 5.29. The molecule has 35 heavy (non-hydrogen) atoms. The number of imidazole rings is 1. The number of nitrogens with one attached hydrogen (secondary N) is 1. The highest BCUT2D eigenvalue weighted by Gasteiger charge is 2.35. The van der Waals surface area contributed by atoms with Crippen molar-refractivity contribution in [2.75, 3.05) is 11.9 Å². The summed E-state index contributed by atoms with van der Waals surface area (Å²) in [4.78, 5) is 32.9. The summed E-state index contributed by atoms with van der Waals surface area (Å²) in [6.45, 7) is 3.93. The molecule has 1 N–H and O–H groups in total. The third kappa shape index (κ3) is 5.01. The third-order valence-electron chi connectivity index (χ3n) is 6.24. The molecule has 6 nitrogen and oxygen atoms in total. The van der Waals surface area contributed by atoms with Gasteiger partial charge in [-0.25, -0.2) is 4.98 Å². The number of aryl methyl sites for hydroxylation is 2. The van der Waals surface area contributed by atoms with E-state index in [0.717, 1.165) is 40.9 Å². The number of amides is 2. The Morgan fingerprint density at radius 1 is 0.971 bits per heavy atom. The third-order valence-corrected chi connectivity index (χ3v) is 6.24. The van der Waals surface area contributed by atoms with Crippen molar-refractivity contribution in [3.63, 3.8) is 0 Å². The lowest BCUT2D eigenvalue weighted by atomic mass is 10.1. The van der Waals surface area contributed by atoms with Crippen molar-refractivity contribution >= 4 is 17.8 Å². The molecular weight excluding hydrogens is 436 g/mol. The molecule has 0 radical (unpaired) electrons. The Morgan fingerprint density at radius 2 is 1.71 bits per heavy atom. The molecule has 4 aromatic rings. The van der Waals surface area contributed by atoms with Gasteiger partial charge in [0, 0.05) is 29.1 Å². The van der Waals surface area contributed by atoms with E-state index in [-0.39, 0.29) is 24.4 Å². The lowest BCUT2D eigenvalue weighted by Crippen LogP contribution is -2.40. The normalized spacial score (nSPS) is 12.9. The minimum absolute atomic E-state index is 0.0147. The number of anilines is 1. The van der Waals surface area contributed by atoms with Crippen molar-refractivity contribution in [2.45, 2.75) is 32.7 Å². The monoisotopic (exact) mass is 464 g/mol. The molecule has 2 amide bonds. The van der Waals surface area contributed by atoms with E-state index < -0.39 is 0 Å². The smallest absolute Gasteiger partial charge is 0.254 e. The van der Waals surface area contributed by atoms with E-state index >= 15 is 0 Å². The standard InChI is InChI=1S/C29H28N4O2/c1-20-9-8-13-24(17-20)33-18-26(22-11-4-3-5-12-22)30-29(33)31-27(34)19-32(23-15-16-23)28(35)25-14-7-6-10-21(25)2/h3-14,17-18,23H,15-16,19H2,1-2H3,(H,30,31,34). The second-order valence-corrected chi connectivity index (χ2v) is 9.05. The SMILES string of the molecule is Cc1cccc(-n2cc(-c3ccccc3)nc2NC(=O)CN(C(=O)c2ccccc2C)C2CC2)c1. The highest BCUT2D eigenvalue weighted by Crippen LogP contribution is 2.29. The van der Waals surface area contributed by atoms with Gasteiger partial charge >= 0.3 is 0 Å². The Kier molecular flexibility index (Phi) is 6.19. The maximum absolute atomic E-state index is 13.3. The van der Waals surface area contributed by atoms with Gasteiger partial charge in [0.1, 0.15) is 6.54 Å². The van der Waals surface area contributed by atoms with Crippen LogP contribution < -0.4 is 5.32 Å². The van der Waals surface area contributed by atoms with Crippen molar-refractivity contribution in [1.82, 2.24) is 14.5 Å². The van der Waals surface area contributed by atoms with Crippen LogP contribution in [0.15, 0.2) is 85.1 Å². The minimum Gasteiger partial charge on any atom is -0.326 e. The number of carbonyl (C=O) groups is 2. The molecule has 6 heteroatoms. The van der Waals surface area contributed by atoms with Gasteiger partial charge < -0.3 is 4.90 Å². The molecule has 1 aliphatic rings. The predicted octanol–water partition coefficient (Wildman–Crippen LogP) is 5.40. The maximum atomic E-state index is 13.3. The fourth-order valence-electron chi connectivity index (χ4n) is 4.23. The van der Waals surface area contributed by atoms with Crippen LogP contribution in [0.25, 0.3) is 16.9 Å². The van der Waals surface area contributed by atoms with Crippen LogP contribution in [0.5, 0.6) is 0 Å². The van der Waals surface area contributed by atoms with Gasteiger partial charge in [0.25, 0.3) is 5.91 Å². The van der Waals surface area contributed by atoms with Gasteiger partial charge in [0.15, 0.2) is 0 Å². The molecule has 0 bridgehead atoms. The Labute approximate surface area is 205 Å². The second kappa shape index (κ2) is 9.58. The molecule has 0 unspecified atom stereocenters. The fourth-order valence-corrected chi connectivity index (χ4v) is 4.23. The number of benzene rings is 3. The summed E-state index contributed by atoms with van der Waals surface area (Å²) in [5.74, 6) is 0.0595. The molecule has 0 aliphatic heterocycles. The van der Waals surface area contributed by atoms with Gasteiger partial charge in [0.2, 0.25) is 11.9 Å². The van der Waals surface area contributed by atoms with E-state index in [1.54, 1.807) is 4.90 Å². The average molecular weight is 465 g/mol. The molecule has 1 fully saturated rings. The first-order valence-corrected chi connectivity index (χ1v) is 11.9. The van der Waals surface area contributed by atoms with E-state index in [4.69, 9.17) is 4.98 Å². The summed E-state index contributed by atoms with van der Waals surface area (Å²) in [6, 6.07) is 25.5. The van der Waals surface area contributed by atoms with Gasteiger partial charge in [-0.05, 0) is 56.0 Å². The van der Waals surface area contributed by atoms with E-state index in [2.05, 4.69) is 5.32 Å². The largest absolute Gasteiger partial charge is 0.326 e. The van der Waals surface area contributed by atoms with Crippen molar-refractivity contribution < 1.29 is 9.59 Å². The van der Waals surface area contributed by atoms with Gasteiger partial charge in [-0.1, -0.05) is 60.7 Å². The zero-order valence-electron chi connectivity index (χ0n) is 19.9. The van der Waals surface area contributed by atoms with Crippen LogP contribution in [0.1, 0.15) is 34.3 Å². The van der Waals surface area contributed by atoms with Crippen LogP contribution in [0, 0.1) is 13.8 Å². The second-order valence-electron chi connectivity index (χ2n) is 9.05. The summed E-state index contributed by atoms with van der Waals surface area (Å²) in [7, 11) is 0. The molecule has 1 aromatic heterocycles. The topological polar surface area (TPSA) is 67.2 Å². The Balaban J connectivity index is 1.42. The number of carbonyl (C=O) groups excluding carboxylic acids is 2. The molecule has 3 aromatic carbocycles. The fraction of sp³-hybridized carbons (Fsp3) is 0.207. The molecule has 0 spiro atoms. The van der Waals surface area contributed by atoms with Crippen LogP contribution in [0.3, 0.4) is 0 Å². The Hall–Kier alpha value is -4.19. The van der Waals surface area contributed by atoms with Crippen molar-refractivity contribution in [3.05, 3.63) is 102 Å². The molecule has 5 rings (SSSR count). The summed E-state index contributed by atoms with van der Waals surface area (Å²) >= 11 is 0. The molecular formula is C29H28N4O2. The minimum atomic E-state index is -0.266. The Bertz CT molecular complexity index is 1370. The predicted molar refractivity (Wildman–Crippen MR) is 138 cm³/mol. The first-order chi connectivity index (χ1) is 17.0. The summed E-state index contributed by atoms with van der Waals surface area (Å²) < 4.78 is 1.89. The summed E-state index contributed by atoms with van der Waals surface area (Å²) in [6.07, 6.45) is 3.76. The van der Waals surface area contributed by atoms with Crippen LogP contribution in [0.4, 0.5) is 5.95 Å². The molecule has 1 saturated carbocycles. The molecule has 176 valence electrons. The molecule has 1 heterocycles. The highest BCUT2D eigenvalue weighted by molar-refractivity contribution is 6.00. The average Bonchev–Trinajstić information content (AvgIpc) is 3.62. The van der Waals surface area contributed by atoms with Crippen LogP contribution in [-0.2, 0) is 4.79 Å². The molecule has 0 atom stereocenters. The van der Waals surface area contributed by atoms with Crippen LogP contribution in [0.2, 0.25) is 0 Å². The molecule has 1 aliphatic carbocycles. The van der Waals surface area contributed by atoms with Gasteiger partial charge in [-0.3, -0.25) is 19.5 Å².